The molecule has 5 rings (SSSR count). The number of carboxylic acid groups (broad SMARTS) is 1. The number of rotatable bonds is 5. The van der Waals surface area contributed by atoms with Gasteiger partial charge >= 0.3 is 5.97 Å². The molecule has 34 heavy (non-hydrogen) atoms. The van der Waals surface area contributed by atoms with Crippen LogP contribution in [0.5, 0.6) is 5.75 Å². The third kappa shape index (κ3) is 4.11. The van der Waals surface area contributed by atoms with Crippen LogP contribution in [0.3, 0.4) is 0 Å². The number of nitrogens with one attached hydrogen (secondary N) is 1. The van der Waals surface area contributed by atoms with Gasteiger partial charge in [-0.3, -0.25) is 4.90 Å². The first-order chi connectivity index (χ1) is 16.2. The lowest BCUT2D eigenvalue weighted by atomic mass is 9.70. The van der Waals surface area contributed by atoms with E-state index in [-0.39, 0.29) is 6.04 Å². The minimum atomic E-state index is -0.875. The van der Waals surface area contributed by atoms with Crippen molar-refractivity contribution in [2.24, 2.45) is 10.8 Å². The summed E-state index contributed by atoms with van der Waals surface area (Å²) in [5, 5.41) is 10.6. The predicted octanol–water partition coefficient (Wildman–Crippen LogP) is 6.72. The van der Waals surface area contributed by atoms with Crippen LogP contribution in [0.1, 0.15) is 79.0 Å². The number of piperidine rings is 1. The van der Waals surface area contributed by atoms with Gasteiger partial charge in [0.1, 0.15) is 5.75 Å². The predicted molar refractivity (Wildman–Crippen MR) is 135 cm³/mol. The highest BCUT2D eigenvalue weighted by Gasteiger charge is 2.47. The van der Waals surface area contributed by atoms with E-state index in [0.717, 1.165) is 25.3 Å². The number of H-pyrrole nitrogens is 1. The van der Waals surface area contributed by atoms with Crippen molar-refractivity contribution < 1.29 is 14.6 Å². The molecule has 2 aromatic carbocycles. The molecule has 1 spiro atoms. The maximum Gasteiger partial charge on any atom is 0.335 e. The molecule has 1 aliphatic heterocycles. The number of fused-ring (bicyclic) bond motifs is 1. The van der Waals surface area contributed by atoms with Crippen LogP contribution < -0.4 is 4.74 Å². The Morgan fingerprint density at radius 3 is 2.59 bits per heavy atom. The van der Waals surface area contributed by atoms with Crippen LogP contribution in [0.15, 0.2) is 42.6 Å². The van der Waals surface area contributed by atoms with Crippen LogP contribution in [-0.2, 0) is 6.54 Å². The largest absolute Gasteiger partial charge is 0.496 e. The van der Waals surface area contributed by atoms with Gasteiger partial charge in [0, 0.05) is 35.2 Å². The quantitative estimate of drug-likeness (QED) is 0.444. The van der Waals surface area contributed by atoms with Crippen molar-refractivity contribution in [1.82, 2.24) is 9.88 Å². The summed E-state index contributed by atoms with van der Waals surface area (Å²) in [6, 6.07) is 12.1. The van der Waals surface area contributed by atoms with Crippen molar-refractivity contribution in [3.05, 3.63) is 64.8 Å². The van der Waals surface area contributed by atoms with Crippen LogP contribution in [0.25, 0.3) is 10.9 Å². The number of likely N-dealkylation sites (tertiary alicyclic amines) is 1. The van der Waals surface area contributed by atoms with E-state index < -0.39 is 5.97 Å². The van der Waals surface area contributed by atoms with Crippen molar-refractivity contribution in [3.63, 3.8) is 0 Å². The Bertz CT molecular complexity index is 1210. The van der Waals surface area contributed by atoms with Gasteiger partial charge in [0.2, 0.25) is 0 Å². The molecular formula is C29H36N2O3. The summed E-state index contributed by atoms with van der Waals surface area (Å²) in [6.45, 7) is 8.77. The molecule has 0 amide bonds. The maximum absolute atomic E-state index is 11.4. The summed E-state index contributed by atoms with van der Waals surface area (Å²) in [4.78, 5) is 17.4. The summed E-state index contributed by atoms with van der Waals surface area (Å²) in [5.74, 6) is 0.0622. The van der Waals surface area contributed by atoms with Gasteiger partial charge in [-0.2, -0.15) is 0 Å². The number of aromatic carboxylic acids is 1. The highest BCUT2D eigenvalue weighted by Crippen LogP contribution is 2.57. The molecule has 2 heterocycles. The topological polar surface area (TPSA) is 65.6 Å². The number of methoxy groups -OCH3 is 1. The molecule has 1 saturated heterocycles. The fourth-order valence-corrected chi connectivity index (χ4v) is 6.71. The van der Waals surface area contributed by atoms with Gasteiger partial charge in [-0.25, -0.2) is 4.79 Å². The van der Waals surface area contributed by atoms with Crippen molar-refractivity contribution in [2.75, 3.05) is 13.7 Å². The first-order valence-electron chi connectivity index (χ1n) is 12.4. The normalized spacial score (nSPS) is 24.6. The molecule has 5 heteroatoms. The molecule has 1 aromatic heterocycles. The van der Waals surface area contributed by atoms with Gasteiger partial charge in [0.15, 0.2) is 0 Å². The lowest BCUT2D eigenvalue weighted by Gasteiger charge is -2.46. The summed E-state index contributed by atoms with van der Waals surface area (Å²) in [5.41, 5.74) is 5.91. The van der Waals surface area contributed by atoms with Gasteiger partial charge in [-0.1, -0.05) is 26.0 Å². The average Bonchev–Trinajstić information content (AvgIpc) is 3.42. The average molecular weight is 461 g/mol. The van der Waals surface area contributed by atoms with E-state index in [1.54, 1.807) is 19.2 Å². The van der Waals surface area contributed by atoms with Crippen LogP contribution in [0, 0.1) is 17.8 Å². The van der Waals surface area contributed by atoms with Crippen LogP contribution in [0.4, 0.5) is 0 Å². The number of carboxylic acids is 1. The molecular weight excluding hydrogens is 424 g/mol. The second-order valence-electron chi connectivity index (χ2n) is 11.3. The van der Waals surface area contributed by atoms with Gasteiger partial charge in [0.25, 0.3) is 0 Å². The van der Waals surface area contributed by atoms with Crippen molar-refractivity contribution in [1.29, 1.82) is 0 Å². The van der Waals surface area contributed by atoms with E-state index in [0.29, 0.717) is 16.4 Å². The summed E-state index contributed by atoms with van der Waals surface area (Å²) < 4.78 is 5.84. The summed E-state index contributed by atoms with van der Waals surface area (Å²) >= 11 is 0. The van der Waals surface area contributed by atoms with Gasteiger partial charge in [-0.15, -0.1) is 0 Å². The number of aromatic amines is 1. The molecule has 5 nitrogen and oxygen atoms in total. The van der Waals surface area contributed by atoms with E-state index in [4.69, 9.17) is 4.74 Å². The van der Waals surface area contributed by atoms with Crippen molar-refractivity contribution in [2.45, 2.75) is 65.5 Å². The van der Waals surface area contributed by atoms with E-state index >= 15 is 0 Å². The maximum atomic E-state index is 11.4. The third-order valence-corrected chi connectivity index (χ3v) is 8.42. The zero-order chi connectivity index (χ0) is 24.1. The van der Waals surface area contributed by atoms with Gasteiger partial charge < -0.3 is 14.8 Å². The monoisotopic (exact) mass is 460 g/mol. The Balaban J connectivity index is 1.52. The highest BCUT2D eigenvalue weighted by molar-refractivity contribution is 5.88. The Kier molecular flexibility index (Phi) is 5.71. The number of hydrogen-bond acceptors (Lipinski definition) is 3. The Labute approximate surface area is 202 Å². The van der Waals surface area contributed by atoms with Gasteiger partial charge in [0.05, 0.1) is 12.7 Å². The Hall–Kier alpha value is -2.79. The fourth-order valence-electron chi connectivity index (χ4n) is 6.71. The SMILES string of the molecule is COc1cc(C)c2[nH]ccc2c1CN1CC[C@]2(CCC(C)(C)C2)C[C@H]1c1ccc(C(=O)O)cc1. The Morgan fingerprint density at radius 1 is 1.18 bits per heavy atom. The van der Waals surface area contributed by atoms with E-state index in [1.165, 1.54) is 53.3 Å². The number of carbonyl (C=O) groups is 1. The lowest BCUT2D eigenvalue weighted by Crippen LogP contribution is -2.41. The smallest absolute Gasteiger partial charge is 0.335 e. The van der Waals surface area contributed by atoms with Crippen LogP contribution in [0.2, 0.25) is 0 Å². The number of benzene rings is 2. The molecule has 0 unspecified atom stereocenters. The molecule has 2 fully saturated rings. The number of nitrogens with zero attached hydrogens (tertiary/aromatic N) is 1. The van der Waals surface area contributed by atoms with E-state index in [9.17, 15) is 9.90 Å². The van der Waals surface area contributed by atoms with Crippen LogP contribution in [-0.4, -0.2) is 34.6 Å². The summed E-state index contributed by atoms with van der Waals surface area (Å²) in [6.07, 6.45) is 8.18. The minimum Gasteiger partial charge on any atom is -0.496 e. The fraction of sp³-hybridized carbons (Fsp3) is 0.483. The lowest BCUT2D eigenvalue weighted by molar-refractivity contribution is 0.0396. The number of aryl methyl sites for hydroxylation is 1. The Morgan fingerprint density at radius 2 is 1.94 bits per heavy atom. The standard InChI is InChI=1S/C29H36N2O3/c1-19-15-25(34-4)23(22-9-13-30-26(19)22)17-31-14-12-29(11-10-28(2,3)18-29)16-24(31)20-5-7-21(8-6-20)27(32)33/h5-9,13,15,24,30H,10-12,14,16-18H2,1-4H3,(H,32,33)/t24-,29+/m0/s1. The molecule has 3 aromatic rings. The second kappa shape index (κ2) is 8.46. The number of aromatic nitrogens is 1. The highest BCUT2D eigenvalue weighted by atomic mass is 16.5. The molecule has 0 radical (unpaired) electrons. The first kappa shape index (κ1) is 23.0. The third-order valence-electron chi connectivity index (χ3n) is 8.42. The number of ether oxygens (including phenoxy) is 1. The second-order valence-corrected chi connectivity index (χ2v) is 11.3. The zero-order valence-electron chi connectivity index (χ0n) is 20.8. The molecule has 1 saturated carbocycles. The van der Waals surface area contributed by atoms with Crippen molar-refractivity contribution in [3.8, 4) is 5.75 Å². The molecule has 1 aliphatic carbocycles. The molecule has 2 N–H and O–H groups in total. The summed E-state index contributed by atoms with van der Waals surface area (Å²) in [7, 11) is 1.75. The molecule has 2 aliphatic rings. The molecule has 0 bridgehead atoms. The van der Waals surface area contributed by atoms with E-state index in [2.05, 4.69) is 42.8 Å². The van der Waals surface area contributed by atoms with E-state index in [1.807, 2.05) is 18.3 Å². The number of hydrogen-bond donors (Lipinski definition) is 2. The molecule has 2 atom stereocenters. The van der Waals surface area contributed by atoms with Gasteiger partial charge in [-0.05, 0) is 91.8 Å². The minimum absolute atomic E-state index is 0.255. The molecule has 180 valence electrons. The van der Waals surface area contributed by atoms with Crippen LogP contribution >= 0.6 is 0 Å². The first-order valence-corrected chi connectivity index (χ1v) is 12.4. The van der Waals surface area contributed by atoms with Crippen molar-refractivity contribution >= 4 is 16.9 Å². The zero-order valence-corrected chi connectivity index (χ0v) is 20.8.